The first-order valence-corrected chi connectivity index (χ1v) is 10.4. The summed E-state index contributed by atoms with van der Waals surface area (Å²) in [5.74, 6) is 0.934. The minimum atomic E-state index is 0.523. The van der Waals surface area contributed by atoms with Crippen LogP contribution in [0.1, 0.15) is 38.5 Å². The van der Waals surface area contributed by atoms with Crippen molar-refractivity contribution in [3.05, 3.63) is 30.6 Å². The molecule has 1 atom stereocenters. The predicted octanol–water partition coefficient (Wildman–Crippen LogP) is 2.61. The number of hydrogen-bond acceptors (Lipinski definition) is 3. The van der Waals surface area contributed by atoms with E-state index < -0.39 is 0 Å². The van der Waals surface area contributed by atoms with Crippen LogP contribution in [0.2, 0.25) is 0 Å². The molecule has 1 aromatic heterocycles. The van der Waals surface area contributed by atoms with E-state index in [-0.39, 0.29) is 0 Å². The van der Waals surface area contributed by atoms with Gasteiger partial charge >= 0.3 is 0 Å². The number of aryl methyl sites for hydroxylation is 1. The maximum Gasteiger partial charge on any atom is 0.191 e. The summed E-state index contributed by atoms with van der Waals surface area (Å²) in [6.45, 7) is 4.26. The summed E-state index contributed by atoms with van der Waals surface area (Å²) in [7, 11) is 1.86. The second kappa shape index (κ2) is 8.74. The van der Waals surface area contributed by atoms with Gasteiger partial charge < -0.3 is 15.2 Å². The first kappa shape index (κ1) is 18.3. The van der Waals surface area contributed by atoms with Crippen LogP contribution in [-0.2, 0) is 6.54 Å². The Bertz CT molecular complexity index is 761. The summed E-state index contributed by atoms with van der Waals surface area (Å²) in [6, 6.07) is 9.65. The average molecular weight is 369 g/mol. The molecule has 2 fully saturated rings. The molecular weight excluding hydrogens is 336 g/mol. The van der Waals surface area contributed by atoms with E-state index >= 15 is 0 Å². The van der Waals surface area contributed by atoms with Crippen molar-refractivity contribution < 1.29 is 0 Å². The summed E-state index contributed by atoms with van der Waals surface area (Å²) in [5, 5.41) is 7.10. The molecule has 146 valence electrons. The van der Waals surface area contributed by atoms with Gasteiger partial charge in [0.1, 0.15) is 0 Å². The number of nitrogens with zero attached hydrogens (tertiary/aromatic N) is 4. The fraction of sp³-hybridized carbons (Fsp3) is 0.619. The Hall–Kier alpha value is -2.08. The van der Waals surface area contributed by atoms with Gasteiger partial charge in [0.2, 0.25) is 0 Å². The van der Waals surface area contributed by atoms with Crippen LogP contribution in [0.15, 0.2) is 35.6 Å². The number of likely N-dealkylation sites (tertiary alicyclic amines) is 1. The molecule has 2 aromatic rings. The van der Waals surface area contributed by atoms with Crippen LogP contribution < -0.4 is 10.6 Å². The molecule has 0 bridgehead atoms. The Balaban J connectivity index is 1.19. The van der Waals surface area contributed by atoms with Crippen LogP contribution in [-0.4, -0.2) is 59.2 Å². The Morgan fingerprint density at radius 3 is 2.93 bits per heavy atom. The van der Waals surface area contributed by atoms with Gasteiger partial charge in [-0.1, -0.05) is 25.0 Å². The summed E-state index contributed by atoms with van der Waals surface area (Å²) in [5.41, 5.74) is 2.27. The number of aromatic nitrogens is 2. The number of hydrogen-bond donors (Lipinski definition) is 2. The standard InChI is InChI=1S/C21H32N6/c1-22-21(25-17-11-14-26(15-17)18-7-2-3-8-18)23-12-6-13-27-16-24-19-9-4-5-10-20(19)27/h4-5,9-10,16-18H,2-3,6-8,11-15H2,1H3,(H2,22,23,25). The number of fused-ring (bicyclic) bond motifs is 1. The van der Waals surface area contributed by atoms with Gasteiger partial charge in [-0.3, -0.25) is 9.89 Å². The minimum absolute atomic E-state index is 0.523. The fourth-order valence-electron chi connectivity index (χ4n) is 4.54. The smallest absolute Gasteiger partial charge is 0.191 e. The lowest BCUT2D eigenvalue weighted by Crippen LogP contribution is -2.45. The molecule has 1 aromatic carbocycles. The van der Waals surface area contributed by atoms with E-state index in [2.05, 4.69) is 48.3 Å². The molecule has 1 saturated heterocycles. The predicted molar refractivity (Wildman–Crippen MR) is 111 cm³/mol. The molecule has 6 nitrogen and oxygen atoms in total. The topological polar surface area (TPSA) is 57.5 Å². The largest absolute Gasteiger partial charge is 0.356 e. The van der Waals surface area contributed by atoms with Gasteiger partial charge in [0.15, 0.2) is 5.96 Å². The van der Waals surface area contributed by atoms with Crippen molar-refractivity contribution in [2.75, 3.05) is 26.7 Å². The van der Waals surface area contributed by atoms with E-state index in [1.54, 1.807) is 0 Å². The number of guanidine groups is 1. The van der Waals surface area contributed by atoms with Crippen molar-refractivity contribution in [1.29, 1.82) is 0 Å². The monoisotopic (exact) mass is 368 g/mol. The number of aliphatic imine (C=N–C) groups is 1. The van der Waals surface area contributed by atoms with Crippen molar-refractivity contribution in [1.82, 2.24) is 25.1 Å². The lowest BCUT2D eigenvalue weighted by atomic mass is 10.2. The Labute approximate surface area is 162 Å². The zero-order chi connectivity index (χ0) is 18.5. The van der Waals surface area contributed by atoms with E-state index in [4.69, 9.17) is 0 Å². The molecule has 27 heavy (non-hydrogen) atoms. The van der Waals surface area contributed by atoms with Crippen molar-refractivity contribution in [2.24, 2.45) is 4.99 Å². The molecule has 0 amide bonds. The summed E-state index contributed by atoms with van der Waals surface area (Å²) < 4.78 is 2.23. The van der Waals surface area contributed by atoms with Crippen LogP contribution in [0.3, 0.4) is 0 Å². The fourth-order valence-corrected chi connectivity index (χ4v) is 4.54. The van der Waals surface area contributed by atoms with Gasteiger partial charge in [-0.05, 0) is 37.8 Å². The second-order valence-corrected chi connectivity index (χ2v) is 7.84. The molecule has 2 aliphatic rings. The number of rotatable bonds is 6. The molecule has 1 aliphatic heterocycles. The third-order valence-electron chi connectivity index (χ3n) is 6.02. The number of nitrogens with one attached hydrogen (secondary N) is 2. The average Bonchev–Trinajstić information content (AvgIpc) is 3.45. The first-order valence-electron chi connectivity index (χ1n) is 10.4. The normalized spacial score (nSPS) is 22.0. The SMILES string of the molecule is CN=C(NCCCn1cnc2ccccc21)NC1CCN(C2CCCC2)C1. The van der Waals surface area contributed by atoms with Gasteiger partial charge in [0.25, 0.3) is 0 Å². The maximum absolute atomic E-state index is 4.46. The molecule has 0 spiro atoms. The van der Waals surface area contributed by atoms with Crippen LogP contribution in [0.4, 0.5) is 0 Å². The summed E-state index contributed by atoms with van der Waals surface area (Å²) in [6.07, 6.45) is 9.81. The van der Waals surface area contributed by atoms with Crippen LogP contribution >= 0.6 is 0 Å². The van der Waals surface area contributed by atoms with Gasteiger partial charge in [0.05, 0.1) is 17.4 Å². The number of para-hydroxylation sites is 2. The molecule has 1 saturated carbocycles. The van der Waals surface area contributed by atoms with Gasteiger partial charge in [0, 0.05) is 45.3 Å². The van der Waals surface area contributed by atoms with Crippen LogP contribution in [0.25, 0.3) is 11.0 Å². The van der Waals surface area contributed by atoms with Crippen molar-refractivity contribution >= 4 is 17.0 Å². The highest BCUT2D eigenvalue weighted by Crippen LogP contribution is 2.26. The van der Waals surface area contributed by atoms with Crippen LogP contribution in [0, 0.1) is 0 Å². The summed E-state index contributed by atoms with van der Waals surface area (Å²) >= 11 is 0. The van der Waals surface area contributed by atoms with E-state index in [0.29, 0.717) is 6.04 Å². The van der Waals surface area contributed by atoms with E-state index in [1.807, 2.05) is 19.4 Å². The second-order valence-electron chi connectivity index (χ2n) is 7.84. The molecular formula is C21H32N6. The molecule has 1 unspecified atom stereocenters. The highest BCUT2D eigenvalue weighted by molar-refractivity contribution is 5.80. The molecule has 2 N–H and O–H groups in total. The zero-order valence-corrected chi connectivity index (χ0v) is 16.4. The van der Waals surface area contributed by atoms with E-state index in [1.165, 1.54) is 44.2 Å². The highest BCUT2D eigenvalue weighted by atomic mass is 15.3. The van der Waals surface area contributed by atoms with E-state index in [0.717, 1.165) is 43.6 Å². The maximum atomic E-state index is 4.46. The lowest BCUT2D eigenvalue weighted by Gasteiger charge is -2.24. The van der Waals surface area contributed by atoms with Crippen molar-refractivity contribution in [2.45, 2.75) is 57.2 Å². The molecule has 1 aliphatic carbocycles. The molecule has 6 heteroatoms. The van der Waals surface area contributed by atoms with Gasteiger partial charge in [-0.2, -0.15) is 0 Å². The van der Waals surface area contributed by atoms with E-state index in [9.17, 15) is 0 Å². The third-order valence-corrected chi connectivity index (χ3v) is 6.02. The van der Waals surface area contributed by atoms with Crippen molar-refractivity contribution in [3.8, 4) is 0 Å². The third kappa shape index (κ3) is 4.43. The Morgan fingerprint density at radius 1 is 1.22 bits per heavy atom. The Kier molecular flexibility index (Phi) is 5.92. The van der Waals surface area contributed by atoms with Crippen LogP contribution in [0.5, 0.6) is 0 Å². The molecule has 0 radical (unpaired) electrons. The molecule has 2 heterocycles. The first-order chi connectivity index (χ1) is 13.3. The molecule has 4 rings (SSSR count). The lowest BCUT2D eigenvalue weighted by molar-refractivity contribution is 0.242. The number of benzene rings is 1. The van der Waals surface area contributed by atoms with Gasteiger partial charge in [-0.15, -0.1) is 0 Å². The minimum Gasteiger partial charge on any atom is -0.356 e. The number of imidazole rings is 1. The van der Waals surface area contributed by atoms with Gasteiger partial charge in [-0.25, -0.2) is 4.98 Å². The summed E-state index contributed by atoms with van der Waals surface area (Å²) in [4.78, 5) is 11.6. The van der Waals surface area contributed by atoms with Crippen molar-refractivity contribution in [3.63, 3.8) is 0 Å². The Morgan fingerprint density at radius 2 is 2.07 bits per heavy atom. The quantitative estimate of drug-likeness (QED) is 0.467. The highest BCUT2D eigenvalue weighted by Gasteiger charge is 2.30. The zero-order valence-electron chi connectivity index (χ0n) is 16.4.